The van der Waals surface area contributed by atoms with E-state index in [1.54, 1.807) is 12.4 Å². The fourth-order valence-electron chi connectivity index (χ4n) is 1.59. The number of anilines is 1. The molecule has 0 fully saturated rings. The normalized spacial score (nSPS) is 10.2. The van der Waals surface area contributed by atoms with Crippen molar-refractivity contribution in [1.29, 1.82) is 0 Å². The topological polar surface area (TPSA) is 65.2 Å². The molecule has 0 aliphatic heterocycles. The van der Waals surface area contributed by atoms with Gasteiger partial charge in [0.1, 0.15) is 5.82 Å². The van der Waals surface area contributed by atoms with Crippen molar-refractivity contribution in [2.75, 3.05) is 12.3 Å². The molecule has 1 heterocycles. The highest BCUT2D eigenvalue weighted by Crippen LogP contribution is 2.14. The van der Waals surface area contributed by atoms with Gasteiger partial charge in [0, 0.05) is 24.5 Å². The summed E-state index contributed by atoms with van der Waals surface area (Å²) < 4.78 is 18.1. The third kappa shape index (κ3) is 3.51. The fourth-order valence-corrected chi connectivity index (χ4v) is 1.59. The number of nitrogens with zero attached hydrogens (tertiary/aromatic N) is 1. The lowest BCUT2D eigenvalue weighted by Gasteiger charge is -2.07. The van der Waals surface area contributed by atoms with E-state index in [0.29, 0.717) is 6.42 Å². The Morgan fingerprint density at radius 2 is 2.21 bits per heavy atom. The van der Waals surface area contributed by atoms with Gasteiger partial charge >= 0.3 is 5.97 Å². The molecule has 2 N–H and O–H groups in total. The highest BCUT2D eigenvalue weighted by Gasteiger charge is 2.12. The minimum Gasteiger partial charge on any atom is -0.462 e. The molecule has 2 aromatic rings. The van der Waals surface area contributed by atoms with E-state index in [2.05, 4.69) is 4.98 Å². The van der Waals surface area contributed by atoms with Gasteiger partial charge in [0.15, 0.2) is 0 Å². The zero-order valence-electron chi connectivity index (χ0n) is 10.2. The maximum absolute atomic E-state index is 13.0. The number of esters is 1. The van der Waals surface area contributed by atoms with Crippen molar-refractivity contribution >= 4 is 11.7 Å². The van der Waals surface area contributed by atoms with Crippen molar-refractivity contribution in [1.82, 2.24) is 4.98 Å². The zero-order valence-corrected chi connectivity index (χ0v) is 10.2. The number of rotatable bonds is 4. The summed E-state index contributed by atoms with van der Waals surface area (Å²) in [5, 5.41) is 0. The summed E-state index contributed by atoms with van der Waals surface area (Å²) in [5.74, 6) is -1.14. The second-order valence-corrected chi connectivity index (χ2v) is 3.98. The summed E-state index contributed by atoms with van der Waals surface area (Å²) >= 11 is 0. The largest absolute Gasteiger partial charge is 0.462 e. The van der Waals surface area contributed by atoms with Gasteiger partial charge in [-0.15, -0.1) is 0 Å². The standard InChI is InChI=1S/C14H13FN2O2/c15-11-3-4-13(16)12(8-11)14(18)19-7-5-10-2-1-6-17-9-10/h1-4,6,8-9H,5,7,16H2. The highest BCUT2D eigenvalue weighted by molar-refractivity contribution is 5.95. The molecular weight excluding hydrogens is 247 g/mol. The van der Waals surface area contributed by atoms with E-state index in [1.807, 2.05) is 12.1 Å². The predicted octanol–water partition coefficient (Wildman–Crippen LogP) is 2.20. The molecule has 2 rings (SSSR count). The lowest BCUT2D eigenvalue weighted by molar-refractivity contribution is 0.0510. The summed E-state index contributed by atoms with van der Waals surface area (Å²) in [6.45, 7) is 0.195. The van der Waals surface area contributed by atoms with Crippen LogP contribution < -0.4 is 5.73 Å². The average Bonchev–Trinajstić information content (AvgIpc) is 2.42. The molecular formula is C14H13FN2O2. The first-order valence-electron chi connectivity index (χ1n) is 5.78. The van der Waals surface area contributed by atoms with Crippen LogP contribution in [0.4, 0.5) is 10.1 Å². The van der Waals surface area contributed by atoms with Crippen LogP contribution in [0.25, 0.3) is 0 Å². The summed E-state index contributed by atoms with van der Waals surface area (Å²) in [4.78, 5) is 15.7. The maximum Gasteiger partial charge on any atom is 0.340 e. The van der Waals surface area contributed by atoms with Crippen molar-refractivity contribution < 1.29 is 13.9 Å². The van der Waals surface area contributed by atoms with E-state index in [-0.39, 0.29) is 17.9 Å². The average molecular weight is 260 g/mol. The number of halogens is 1. The first kappa shape index (κ1) is 13.0. The zero-order chi connectivity index (χ0) is 13.7. The van der Waals surface area contributed by atoms with E-state index in [9.17, 15) is 9.18 Å². The molecule has 0 atom stereocenters. The van der Waals surface area contributed by atoms with E-state index < -0.39 is 11.8 Å². The van der Waals surface area contributed by atoms with Gasteiger partial charge < -0.3 is 10.5 Å². The Kier molecular flexibility index (Phi) is 4.07. The van der Waals surface area contributed by atoms with E-state index in [1.165, 1.54) is 12.1 Å². The van der Waals surface area contributed by atoms with Crippen molar-refractivity contribution in [3.8, 4) is 0 Å². The van der Waals surface area contributed by atoms with Gasteiger partial charge in [-0.1, -0.05) is 6.07 Å². The number of hydrogen-bond acceptors (Lipinski definition) is 4. The molecule has 0 saturated carbocycles. The van der Waals surface area contributed by atoms with Crippen LogP contribution in [-0.4, -0.2) is 17.6 Å². The lowest BCUT2D eigenvalue weighted by atomic mass is 10.2. The van der Waals surface area contributed by atoms with Gasteiger partial charge in [0.2, 0.25) is 0 Å². The van der Waals surface area contributed by atoms with Crippen LogP contribution in [0.3, 0.4) is 0 Å². The number of benzene rings is 1. The molecule has 5 heteroatoms. The van der Waals surface area contributed by atoms with Crippen LogP contribution in [0.2, 0.25) is 0 Å². The molecule has 1 aromatic heterocycles. The number of carbonyl (C=O) groups is 1. The monoisotopic (exact) mass is 260 g/mol. The van der Waals surface area contributed by atoms with Gasteiger partial charge in [-0.3, -0.25) is 4.98 Å². The Bertz CT molecular complexity index is 573. The minimum atomic E-state index is -0.624. The molecule has 0 saturated heterocycles. The van der Waals surface area contributed by atoms with Crippen molar-refractivity contribution in [3.05, 3.63) is 59.7 Å². The second-order valence-electron chi connectivity index (χ2n) is 3.98. The predicted molar refractivity (Wildman–Crippen MR) is 69.0 cm³/mol. The fraction of sp³-hybridized carbons (Fsp3) is 0.143. The SMILES string of the molecule is Nc1ccc(F)cc1C(=O)OCCc1cccnc1. The molecule has 98 valence electrons. The van der Waals surface area contributed by atoms with Gasteiger partial charge in [0.25, 0.3) is 0 Å². The molecule has 0 amide bonds. The van der Waals surface area contributed by atoms with E-state index in [0.717, 1.165) is 11.6 Å². The summed E-state index contributed by atoms with van der Waals surface area (Å²) in [5.41, 5.74) is 6.81. The number of aromatic nitrogens is 1. The van der Waals surface area contributed by atoms with Crippen LogP contribution in [0.1, 0.15) is 15.9 Å². The van der Waals surface area contributed by atoms with Crippen LogP contribution >= 0.6 is 0 Å². The first-order chi connectivity index (χ1) is 9.16. The number of ether oxygens (including phenoxy) is 1. The van der Waals surface area contributed by atoms with Crippen LogP contribution in [-0.2, 0) is 11.2 Å². The molecule has 1 aromatic carbocycles. The van der Waals surface area contributed by atoms with Crippen molar-refractivity contribution in [2.24, 2.45) is 0 Å². The third-order valence-electron chi connectivity index (χ3n) is 2.58. The summed E-state index contributed by atoms with van der Waals surface area (Å²) in [6, 6.07) is 7.30. The molecule has 0 aliphatic carbocycles. The quantitative estimate of drug-likeness (QED) is 0.676. The van der Waals surface area contributed by atoms with E-state index in [4.69, 9.17) is 10.5 Å². The smallest absolute Gasteiger partial charge is 0.340 e. The summed E-state index contributed by atoms with van der Waals surface area (Å²) in [6.07, 6.45) is 3.92. The third-order valence-corrected chi connectivity index (χ3v) is 2.58. The lowest BCUT2D eigenvalue weighted by Crippen LogP contribution is -2.11. The van der Waals surface area contributed by atoms with Crippen LogP contribution in [0, 0.1) is 5.82 Å². The molecule has 0 radical (unpaired) electrons. The van der Waals surface area contributed by atoms with Crippen molar-refractivity contribution in [3.63, 3.8) is 0 Å². The van der Waals surface area contributed by atoms with Gasteiger partial charge in [-0.25, -0.2) is 9.18 Å². The molecule has 4 nitrogen and oxygen atoms in total. The molecule has 0 aliphatic rings. The van der Waals surface area contributed by atoms with Crippen LogP contribution in [0.15, 0.2) is 42.7 Å². The Hall–Kier alpha value is -2.43. The van der Waals surface area contributed by atoms with Gasteiger partial charge in [-0.05, 0) is 29.8 Å². The number of nitrogens with two attached hydrogens (primary N) is 1. The summed E-state index contributed by atoms with van der Waals surface area (Å²) in [7, 11) is 0. The highest BCUT2D eigenvalue weighted by atomic mass is 19.1. The number of nitrogen functional groups attached to an aromatic ring is 1. The van der Waals surface area contributed by atoms with Gasteiger partial charge in [-0.2, -0.15) is 0 Å². The number of carbonyl (C=O) groups excluding carboxylic acids is 1. The Labute approximate surface area is 110 Å². The Balaban J connectivity index is 1.93. The number of hydrogen-bond donors (Lipinski definition) is 1. The Morgan fingerprint density at radius 3 is 2.95 bits per heavy atom. The molecule has 0 spiro atoms. The minimum absolute atomic E-state index is 0.0474. The number of pyridine rings is 1. The Morgan fingerprint density at radius 1 is 1.37 bits per heavy atom. The maximum atomic E-state index is 13.0. The van der Waals surface area contributed by atoms with Gasteiger partial charge in [0.05, 0.1) is 12.2 Å². The second kappa shape index (κ2) is 5.95. The van der Waals surface area contributed by atoms with E-state index >= 15 is 0 Å². The van der Waals surface area contributed by atoms with Crippen LogP contribution in [0.5, 0.6) is 0 Å². The molecule has 0 bridgehead atoms. The van der Waals surface area contributed by atoms with Crippen molar-refractivity contribution in [2.45, 2.75) is 6.42 Å². The molecule has 0 unspecified atom stereocenters. The first-order valence-corrected chi connectivity index (χ1v) is 5.78. The molecule has 19 heavy (non-hydrogen) atoms.